The highest BCUT2D eigenvalue weighted by molar-refractivity contribution is 7.92. The molecule has 158 valence electrons. The lowest BCUT2D eigenvalue weighted by Gasteiger charge is -2.20. The van der Waals surface area contributed by atoms with Crippen LogP contribution in [0.4, 0.5) is 10.5 Å². The van der Waals surface area contributed by atoms with Crippen LogP contribution in [0.25, 0.3) is 0 Å². The Morgan fingerprint density at radius 3 is 2.03 bits per heavy atom. The molecule has 2 aromatic rings. The fraction of sp³-hybridized carbons (Fsp3) is 0.350. The molecule has 9 heteroatoms. The average molecular weight is 422 g/mol. The predicted molar refractivity (Wildman–Crippen MR) is 113 cm³/mol. The Morgan fingerprint density at radius 1 is 0.897 bits per heavy atom. The summed E-state index contributed by atoms with van der Waals surface area (Å²) in [6, 6.07) is 11.4. The van der Waals surface area contributed by atoms with Gasteiger partial charge in [-0.05, 0) is 49.2 Å². The summed E-state index contributed by atoms with van der Waals surface area (Å²) in [7, 11) is -0.249. The highest BCUT2D eigenvalue weighted by Crippen LogP contribution is 2.29. The Kier molecular flexibility index (Phi) is 7.33. The number of urea groups is 1. The van der Waals surface area contributed by atoms with Gasteiger partial charge in [-0.15, -0.1) is 0 Å². The first-order valence-corrected chi connectivity index (χ1v) is 10.9. The van der Waals surface area contributed by atoms with Crippen LogP contribution in [0, 0.1) is 0 Å². The summed E-state index contributed by atoms with van der Waals surface area (Å²) in [6.45, 7) is 3.68. The third-order valence-electron chi connectivity index (χ3n) is 4.29. The van der Waals surface area contributed by atoms with E-state index in [-0.39, 0.29) is 18.1 Å². The van der Waals surface area contributed by atoms with Gasteiger partial charge in [0, 0.05) is 5.69 Å². The van der Waals surface area contributed by atoms with Crippen LogP contribution < -0.4 is 24.8 Å². The van der Waals surface area contributed by atoms with E-state index in [0.29, 0.717) is 17.2 Å². The quantitative estimate of drug-likeness (QED) is 0.607. The molecule has 0 heterocycles. The first-order valence-electron chi connectivity index (χ1n) is 8.99. The van der Waals surface area contributed by atoms with Gasteiger partial charge in [0.15, 0.2) is 11.5 Å². The van der Waals surface area contributed by atoms with Crippen molar-refractivity contribution in [1.82, 2.24) is 10.6 Å². The molecular weight excluding hydrogens is 394 g/mol. The molecule has 2 amide bonds. The number of ether oxygens (including phenoxy) is 2. The van der Waals surface area contributed by atoms with E-state index in [1.807, 2.05) is 32.0 Å². The van der Waals surface area contributed by atoms with Gasteiger partial charge in [0.25, 0.3) is 0 Å². The van der Waals surface area contributed by atoms with E-state index in [1.165, 1.54) is 0 Å². The summed E-state index contributed by atoms with van der Waals surface area (Å²) < 4.78 is 35.7. The van der Waals surface area contributed by atoms with E-state index < -0.39 is 10.0 Å². The number of benzene rings is 2. The molecule has 29 heavy (non-hydrogen) atoms. The van der Waals surface area contributed by atoms with Gasteiger partial charge in [0.05, 0.1) is 32.6 Å². The van der Waals surface area contributed by atoms with Crippen molar-refractivity contribution < 1.29 is 22.7 Å². The molecule has 0 aliphatic heterocycles. The molecule has 2 atom stereocenters. The third-order valence-corrected chi connectivity index (χ3v) is 4.90. The fourth-order valence-corrected chi connectivity index (χ4v) is 3.36. The molecule has 0 aliphatic rings. The molecule has 0 radical (unpaired) electrons. The normalized spacial score (nSPS) is 13.1. The van der Waals surface area contributed by atoms with Crippen LogP contribution in [0.15, 0.2) is 42.5 Å². The number of hydrogen-bond acceptors (Lipinski definition) is 5. The molecule has 0 saturated heterocycles. The Morgan fingerprint density at radius 2 is 1.48 bits per heavy atom. The third kappa shape index (κ3) is 6.56. The molecule has 2 rings (SSSR count). The molecule has 8 nitrogen and oxygen atoms in total. The highest BCUT2D eigenvalue weighted by Gasteiger charge is 2.15. The average Bonchev–Trinajstić information content (AvgIpc) is 2.66. The number of carbonyl (C=O) groups excluding carboxylic acids is 1. The standard InChI is InChI=1S/C20H27N3O5S/c1-13(15-7-6-8-17(11-15)23-29(5,25)26)21-20(24)22-14(2)16-9-10-18(27-3)19(12-16)28-4/h6-14,23H,1-5H3,(H2,21,22,24)/t13-,14+/m1/s1. The minimum atomic E-state index is -3.37. The van der Waals surface area contributed by atoms with Crippen molar-refractivity contribution in [1.29, 1.82) is 0 Å². The van der Waals surface area contributed by atoms with Crippen LogP contribution in [0.2, 0.25) is 0 Å². The molecule has 0 unspecified atom stereocenters. The molecule has 0 spiro atoms. The number of methoxy groups -OCH3 is 2. The number of rotatable bonds is 8. The van der Waals surface area contributed by atoms with Crippen molar-refractivity contribution in [3.05, 3.63) is 53.6 Å². The second-order valence-corrected chi connectivity index (χ2v) is 8.42. The Balaban J connectivity index is 2.02. The van der Waals surface area contributed by atoms with Crippen molar-refractivity contribution in [3.63, 3.8) is 0 Å². The van der Waals surface area contributed by atoms with E-state index in [0.717, 1.165) is 17.4 Å². The lowest BCUT2D eigenvalue weighted by molar-refractivity contribution is 0.235. The molecule has 0 aliphatic carbocycles. The van der Waals surface area contributed by atoms with Gasteiger partial charge in [0.2, 0.25) is 10.0 Å². The number of sulfonamides is 1. The molecule has 3 N–H and O–H groups in total. The SMILES string of the molecule is COc1ccc([C@H](C)NC(=O)N[C@H](C)c2cccc(NS(C)(=O)=O)c2)cc1OC. The van der Waals surface area contributed by atoms with Gasteiger partial charge in [-0.2, -0.15) is 0 Å². The second kappa shape index (κ2) is 9.51. The van der Waals surface area contributed by atoms with E-state index in [2.05, 4.69) is 15.4 Å². The van der Waals surface area contributed by atoms with Crippen LogP contribution in [0.1, 0.15) is 37.1 Å². The molecule has 0 bridgehead atoms. The summed E-state index contributed by atoms with van der Waals surface area (Å²) in [5.41, 5.74) is 2.08. The first kappa shape index (κ1) is 22.4. The summed E-state index contributed by atoms with van der Waals surface area (Å²) >= 11 is 0. The minimum Gasteiger partial charge on any atom is -0.493 e. The summed E-state index contributed by atoms with van der Waals surface area (Å²) in [6.07, 6.45) is 1.09. The van der Waals surface area contributed by atoms with Crippen LogP contribution in [-0.4, -0.2) is 34.9 Å². The van der Waals surface area contributed by atoms with Crippen LogP contribution in [-0.2, 0) is 10.0 Å². The van der Waals surface area contributed by atoms with E-state index in [1.54, 1.807) is 38.5 Å². The zero-order valence-corrected chi connectivity index (χ0v) is 18.0. The number of nitrogens with one attached hydrogen (secondary N) is 3. The van der Waals surface area contributed by atoms with Crippen LogP contribution in [0.5, 0.6) is 11.5 Å². The van der Waals surface area contributed by atoms with Crippen molar-refractivity contribution in [2.45, 2.75) is 25.9 Å². The van der Waals surface area contributed by atoms with Gasteiger partial charge in [-0.3, -0.25) is 4.72 Å². The van der Waals surface area contributed by atoms with Crippen molar-refractivity contribution in [3.8, 4) is 11.5 Å². The molecule has 0 saturated carbocycles. The minimum absolute atomic E-state index is 0.264. The fourth-order valence-electron chi connectivity index (χ4n) is 2.81. The second-order valence-electron chi connectivity index (χ2n) is 6.68. The van der Waals surface area contributed by atoms with Crippen LogP contribution in [0.3, 0.4) is 0 Å². The zero-order chi connectivity index (χ0) is 21.6. The van der Waals surface area contributed by atoms with E-state index in [4.69, 9.17) is 9.47 Å². The highest BCUT2D eigenvalue weighted by atomic mass is 32.2. The molecule has 2 aromatic carbocycles. The first-order chi connectivity index (χ1) is 13.6. The topological polar surface area (TPSA) is 106 Å². The van der Waals surface area contributed by atoms with Gasteiger partial charge in [-0.25, -0.2) is 13.2 Å². The van der Waals surface area contributed by atoms with E-state index >= 15 is 0 Å². The van der Waals surface area contributed by atoms with Crippen molar-refractivity contribution in [2.24, 2.45) is 0 Å². The van der Waals surface area contributed by atoms with Gasteiger partial charge < -0.3 is 20.1 Å². The molecule has 0 aromatic heterocycles. The number of hydrogen-bond donors (Lipinski definition) is 3. The summed E-state index contributed by atoms with van der Waals surface area (Å²) in [4.78, 5) is 12.4. The molecule has 0 fully saturated rings. The van der Waals surface area contributed by atoms with Crippen molar-refractivity contribution in [2.75, 3.05) is 25.2 Å². The summed E-state index contributed by atoms with van der Waals surface area (Å²) in [5, 5.41) is 5.74. The predicted octanol–water partition coefficient (Wildman–Crippen LogP) is 3.20. The van der Waals surface area contributed by atoms with Gasteiger partial charge >= 0.3 is 6.03 Å². The Bertz CT molecular complexity index is 962. The Labute approximate surface area is 171 Å². The lowest BCUT2D eigenvalue weighted by Crippen LogP contribution is -2.38. The Hall–Kier alpha value is -2.94. The maximum Gasteiger partial charge on any atom is 0.315 e. The number of amides is 2. The zero-order valence-electron chi connectivity index (χ0n) is 17.1. The molecular formula is C20H27N3O5S. The van der Waals surface area contributed by atoms with E-state index in [9.17, 15) is 13.2 Å². The lowest BCUT2D eigenvalue weighted by atomic mass is 10.1. The van der Waals surface area contributed by atoms with Crippen LogP contribution >= 0.6 is 0 Å². The maximum absolute atomic E-state index is 12.4. The van der Waals surface area contributed by atoms with Crippen molar-refractivity contribution >= 4 is 21.7 Å². The van der Waals surface area contributed by atoms with Gasteiger partial charge in [-0.1, -0.05) is 18.2 Å². The summed E-state index contributed by atoms with van der Waals surface area (Å²) in [5.74, 6) is 1.20. The maximum atomic E-state index is 12.4. The monoisotopic (exact) mass is 421 g/mol. The number of anilines is 1. The smallest absolute Gasteiger partial charge is 0.315 e. The van der Waals surface area contributed by atoms with Gasteiger partial charge in [0.1, 0.15) is 0 Å². The number of carbonyl (C=O) groups is 1. The largest absolute Gasteiger partial charge is 0.493 e.